The molecule has 2 heterocycles. The number of pyridine rings is 1. The smallest absolute Gasteiger partial charge is 0.0571 e. The van der Waals surface area contributed by atoms with Crippen LogP contribution in [0.15, 0.2) is 24.4 Å². The van der Waals surface area contributed by atoms with Crippen LogP contribution < -0.4 is 11.1 Å². The second kappa shape index (κ2) is 5.94. The van der Waals surface area contributed by atoms with Crippen LogP contribution >= 0.6 is 0 Å². The lowest BCUT2D eigenvalue weighted by Gasteiger charge is -2.28. The molecule has 88 valence electrons. The van der Waals surface area contributed by atoms with Crippen molar-refractivity contribution in [1.29, 1.82) is 0 Å². The molecule has 0 radical (unpaired) electrons. The Balaban J connectivity index is 1.77. The van der Waals surface area contributed by atoms with Gasteiger partial charge in [-0.3, -0.25) is 4.98 Å². The van der Waals surface area contributed by atoms with Crippen molar-refractivity contribution < 1.29 is 0 Å². The van der Waals surface area contributed by atoms with Gasteiger partial charge in [0.1, 0.15) is 0 Å². The summed E-state index contributed by atoms with van der Waals surface area (Å²) < 4.78 is 0. The number of nitrogens with one attached hydrogen (secondary N) is 1. The molecule has 16 heavy (non-hydrogen) atoms. The molecule has 0 saturated carbocycles. The zero-order chi connectivity index (χ0) is 11.2. The Kier molecular flexibility index (Phi) is 4.27. The minimum atomic E-state index is 0.0658. The predicted molar refractivity (Wildman–Crippen MR) is 65.1 cm³/mol. The first kappa shape index (κ1) is 11.5. The molecule has 1 aliphatic heterocycles. The number of piperazine rings is 1. The van der Waals surface area contributed by atoms with Gasteiger partial charge in [0.2, 0.25) is 0 Å². The summed E-state index contributed by atoms with van der Waals surface area (Å²) >= 11 is 0. The summed E-state index contributed by atoms with van der Waals surface area (Å²) in [4.78, 5) is 6.74. The molecule has 4 nitrogen and oxygen atoms in total. The van der Waals surface area contributed by atoms with Crippen LogP contribution in [0.5, 0.6) is 0 Å². The van der Waals surface area contributed by atoms with E-state index in [-0.39, 0.29) is 6.04 Å². The Morgan fingerprint density at radius 3 is 2.88 bits per heavy atom. The van der Waals surface area contributed by atoms with Crippen molar-refractivity contribution in [2.24, 2.45) is 5.73 Å². The average molecular weight is 220 g/mol. The van der Waals surface area contributed by atoms with Crippen LogP contribution in [0.3, 0.4) is 0 Å². The first-order chi connectivity index (χ1) is 7.86. The van der Waals surface area contributed by atoms with Crippen molar-refractivity contribution in [2.75, 3.05) is 32.7 Å². The lowest BCUT2D eigenvalue weighted by molar-refractivity contribution is 0.232. The summed E-state index contributed by atoms with van der Waals surface area (Å²) in [7, 11) is 0. The lowest BCUT2D eigenvalue weighted by atomic mass is 10.1. The third-order valence-corrected chi connectivity index (χ3v) is 3.03. The largest absolute Gasteiger partial charge is 0.323 e. The van der Waals surface area contributed by atoms with Gasteiger partial charge in [0, 0.05) is 45.0 Å². The molecule has 1 aromatic heterocycles. The fourth-order valence-electron chi connectivity index (χ4n) is 2.00. The maximum absolute atomic E-state index is 6.11. The van der Waals surface area contributed by atoms with Crippen LogP contribution in [0.4, 0.5) is 0 Å². The summed E-state index contributed by atoms with van der Waals surface area (Å²) in [6.07, 6.45) is 2.79. The normalized spacial score (nSPS) is 19.6. The summed E-state index contributed by atoms with van der Waals surface area (Å²) in [6, 6.07) is 5.98. The second-order valence-electron chi connectivity index (χ2n) is 4.24. The van der Waals surface area contributed by atoms with Crippen LogP contribution in [0.2, 0.25) is 0 Å². The van der Waals surface area contributed by atoms with Gasteiger partial charge in [0.05, 0.1) is 5.69 Å². The molecule has 2 rings (SSSR count). The number of nitrogens with zero attached hydrogens (tertiary/aromatic N) is 2. The fraction of sp³-hybridized carbons (Fsp3) is 0.583. The molecule has 4 heteroatoms. The third-order valence-electron chi connectivity index (χ3n) is 3.03. The maximum Gasteiger partial charge on any atom is 0.0571 e. The highest BCUT2D eigenvalue weighted by Gasteiger charge is 2.12. The quantitative estimate of drug-likeness (QED) is 0.770. The topological polar surface area (TPSA) is 54.2 Å². The van der Waals surface area contributed by atoms with Crippen LogP contribution in [-0.2, 0) is 0 Å². The van der Waals surface area contributed by atoms with E-state index < -0.39 is 0 Å². The Labute approximate surface area is 96.8 Å². The van der Waals surface area contributed by atoms with Crippen LogP contribution in [0, 0.1) is 0 Å². The molecule has 1 aliphatic rings. The molecule has 0 aromatic carbocycles. The monoisotopic (exact) mass is 220 g/mol. The van der Waals surface area contributed by atoms with Crippen molar-refractivity contribution in [1.82, 2.24) is 15.2 Å². The minimum Gasteiger partial charge on any atom is -0.323 e. The van der Waals surface area contributed by atoms with Gasteiger partial charge in [-0.15, -0.1) is 0 Å². The van der Waals surface area contributed by atoms with E-state index in [0.717, 1.165) is 44.8 Å². The zero-order valence-electron chi connectivity index (χ0n) is 9.60. The molecular formula is C12H20N4. The molecule has 0 aliphatic carbocycles. The van der Waals surface area contributed by atoms with E-state index >= 15 is 0 Å². The van der Waals surface area contributed by atoms with Gasteiger partial charge in [-0.2, -0.15) is 0 Å². The lowest BCUT2D eigenvalue weighted by Crippen LogP contribution is -2.44. The van der Waals surface area contributed by atoms with Crippen molar-refractivity contribution in [2.45, 2.75) is 12.5 Å². The first-order valence-corrected chi connectivity index (χ1v) is 5.96. The molecule has 3 N–H and O–H groups in total. The Hall–Kier alpha value is -0.970. The van der Waals surface area contributed by atoms with Gasteiger partial charge in [-0.05, 0) is 18.6 Å². The van der Waals surface area contributed by atoms with Crippen molar-refractivity contribution in [3.8, 4) is 0 Å². The standard InChI is InChI=1S/C12H20N4/c13-11(12-3-1-2-5-15-12)4-8-16-9-6-14-7-10-16/h1-3,5,11,14H,4,6-10,13H2. The number of hydrogen-bond acceptors (Lipinski definition) is 4. The highest BCUT2D eigenvalue weighted by molar-refractivity contribution is 5.07. The van der Waals surface area contributed by atoms with Gasteiger partial charge in [0.15, 0.2) is 0 Å². The van der Waals surface area contributed by atoms with Gasteiger partial charge in [-0.1, -0.05) is 6.07 Å². The van der Waals surface area contributed by atoms with E-state index in [0.29, 0.717) is 0 Å². The Morgan fingerprint density at radius 1 is 1.38 bits per heavy atom. The molecule has 1 fully saturated rings. The molecular weight excluding hydrogens is 200 g/mol. The van der Waals surface area contributed by atoms with Gasteiger partial charge in [0.25, 0.3) is 0 Å². The Morgan fingerprint density at radius 2 is 2.19 bits per heavy atom. The van der Waals surface area contributed by atoms with Gasteiger partial charge >= 0.3 is 0 Å². The van der Waals surface area contributed by atoms with Crippen molar-refractivity contribution in [3.05, 3.63) is 30.1 Å². The van der Waals surface area contributed by atoms with E-state index in [2.05, 4.69) is 15.2 Å². The van der Waals surface area contributed by atoms with Crippen LogP contribution in [0.1, 0.15) is 18.2 Å². The number of aromatic nitrogens is 1. The summed E-state index contributed by atoms with van der Waals surface area (Å²) in [5.41, 5.74) is 7.11. The number of rotatable bonds is 4. The highest BCUT2D eigenvalue weighted by atomic mass is 15.2. The molecule has 1 saturated heterocycles. The molecule has 0 bridgehead atoms. The summed E-state index contributed by atoms with van der Waals surface area (Å²) in [5.74, 6) is 0. The number of hydrogen-bond donors (Lipinski definition) is 2. The van der Waals surface area contributed by atoms with E-state index in [9.17, 15) is 0 Å². The van der Waals surface area contributed by atoms with Crippen LogP contribution in [0.25, 0.3) is 0 Å². The van der Waals surface area contributed by atoms with Crippen LogP contribution in [-0.4, -0.2) is 42.6 Å². The zero-order valence-corrected chi connectivity index (χ0v) is 9.60. The van der Waals surface area contributed by atoms with E-state index in [1.54, 1.807) is 6.20 Å². The summed E-state index contributed by atoms with van der Waals surface area (Å²) in [5, 5.41) is 3.35. The van der Waals surface area contributed by atoms with E-state index in [1.165, 1.54) is 0 Å². The third kappa shape index (κ3) is 3.27. The molecule has 1 atom stereocenters. The molecule has 0 spiro atoms. The van der Waals surface area contributed by atoms with Gasteiger partial charge < -0.3 is 16.0 Å². The van der Waals surface area contributed by atoms with Gasteiger partial charge in [-0.25, -0.2) is 0 Å². The Bertz CT molecular complexity index is 295. The second-order valence-corrected chi connectivity index (χ2v) is 4.24. The molecule has 1 aromatic rings. The first-order valence-electron chi connectivity index (χ1n) is 5.96. The minimum absolute atomic E-state index is 0.0658. The van der Waals surface area contributed by atoms with Crippen molar-refractivity contribution >= 4 is 0 Å². The summed E-state index contributed by atoms with van der Waals surface area (Å²) in [6.45, 7) is 5.53. The van der Waals surface area contributed by atoms with Crippen molar-refractivity contribution in [3.63, 3.8) is 0 Å². The average Bonchev–Trinajstić information content (AvgIpc) is 2.38. The highest BCUT2D eigenvalue weighted by Crippen LogP contribution is 2.11. The molecule has 1 unspecified atom stereocenters. The maximum atomic E-state index is 6.11. The van der Waals surface area contributed by atoms with E-state index in [1.807, 2.05) is 18.2 Å². The number of nitrogens with two attached hydrogens (primary N) is 1. The fourth-order valence-corrected chi connectivity index (χ4v) is 2.00. The molecule has 0 amide bonds. The predicted octanol–water partition coefficient (Wildman–Crippen LogP) is 0.377. The SMILES string of the molecule is NC(CCN1CCNCC1)c1ccccn1. The van der Waals surface area contributed by atoms with E-state index in [4.69, 9.17) is 5.73 Å².